The molecule has 1 N–H and O–H groups in total. The van der Waals surface area contributed by atoms with Crippen LogP contribution in [0.5, 0.6) is 0 Å². The molecule has 0 atom stereocenters. The van der Waals surface area contributed by atoms with Crippen LogP contribution in [0.1, 0.15) is 51.1 Å². The molecule has 0 aliphatic rings. The fourth-order valence-electron chi connectivity index (χ4n) is 1.80. The second-order valence-corrected chi connectivity index (χ2v) is 6.53. The monoisotopic (exact) mass is 250 g/mol. The molecule has 2 rings (SSSR count). The van der Waals surface area contributed by atoms with Crippen molar-refractivity contribution in [2.75, 3.05) is 0 Å². The largest absolute Gasteiger partial charge is 0.325 e. The van der Waals surface area contributed by atoms with Crippen LogP contribution in [0.15, 0.2) is 10.9 Å². The van der Waals surface area contributed by atoms with E-state index in [1.54, 1.807) is 0 Å². The van der Waals surface area contributed by atoms with Crippen LogP contribution >= 0.6 is 11.5 Å². The maximum Gasteiger partial charge on any atom is 0.258 e. The summed E-state index contributed by atoms with van der Waals surface area (Å²) in [5.74, 6) is 0.339. The minimum atomic E-state index is -0.0606. The summed E-state index contributed by atoms with van der Waals surface area (Å²) >= 11 is 1.43. The van der Waals surface area contributed by atoms with Crippen LogP contribution in [-0.2, 0) is 5.41 Å². The van der Waals surface area contributed by atoms with Crippen molar-refractivity contribution in [2.45, 2.75) is 46.0 Å². The van der Waals surface area contributed by atoms with E-state index in [9.17, 15) is 4.79 Å². The predicted octanol–water partition coefficient (Wildman–Crippen LogP) is 3.41. The van der Waals surface area contributed by atoms with Gasteiger partial charge in [-0.2, -0.15) is 4.37 Å². The fourth-order valence-corrected chi connectivity index (χ4v) is 2.64. The molecule has 0 radical (unpaired) electrons. The number of nitrogens with zero attached hydrogens (tertiary/aromatic N) is 1. The summed E-state index contributed by atoms with van der Waals surface area (Å²) < 4.78 is 4.40. The number of aromatic amines is 1. The van der Waals surface area contributed by atoms with Crippen LogP contribution in [0.4, 0.5) is 0 Å². The van der Waals surface area contributed by atoms with Gasteiger partial charge < -0.3 is 4.98 Å². The molecular weight excluding hydrogens is 232 g/mol. The maximum atomic E-state index is 12.1. The van der Waals surface area contributed by atoms with Gasteiger partial charge in [0.1, 0.15) is 0 Å². The molecule has 2 heterocycles. The number of pyridine rings is 1. The quantitative estimate of drug-likeness (QED) is 0.843. The van der Waals surface area contributed by atoms with Crippen molar-refractivity contribution in [1.82, 2.24) is 9.36 Å². The summed E-state index contributed by atoms with van der Waals surface area (Å²) in [6, 6.07) is 2.00. The van der Waals surface area contributed by atoms with E-state index in [-0.39, 0.29) is 11.0 Å². The van der Waals surface area contributed by atoms with Gasteiger partial charge in [-0.05, 0) is 23.5 Å². The van der Waals surface area contributed by atoms with Gasteiger partial charge in [0.25, 0.3) is 5.56 Å². The second-order valence-electron chi connectivity index (χ2n) is 5.72. The lowest BCUT2D eigenvalue weighted by Gasteiger charge is -2.18. The number of rotatable bonds is 1. The summed E-state index contributed by atoms with van der Waals surface area (Å²) in [6.45, 7) is 10.4. The molecule has 0 saturated carbocycles. The molecule has 0 fully saturated rings. The van der Waals surface area contributed by atoms with Gasteiger partial charge in [0.05, 0.1) is 10.9 Å². The van der Waals surface area contributed by atoms with Crippen LogP contribution in [0.25, 0.3) is 10.9 Å². The number of hydrogen-bond donors (Lipinski definition) is 1. The molecule has 0 saturated heterocycles. The Labute approximate surface area is 105 Å². The summed E-state index contributed by atoms with van der Waals surface area (Å²) in [5, 5.41) is 0.762. The molecule has 0 bridgehead atoms. The van der Waals surface area contributed by atoms with Crippen LogP contribution in [0.2, 0.25) is 0 Å². The van der Waals surface area contributed by atoms with E-state index in [1.165, 1.54) is 11.5 Å². The molecule has 0 spiro atoms. The van der Waals surface area contributed by atoms with E-state index in [0.717, 1.165) is 21.5 Å². The predicted molar refractivity (Wildman–Crippen MR) is 73.0 cm³/mol. The van der Waals surface area contributed by atoms with Gasteiger partial charge in [-0.3, -0.25) is 4.79 Å². The number of nitrogens with one attached hydrogen (secondary N) is 1. The Morgan fingerprint density at radius 2 is 2.00 bits per heavy atom. The Bertz CT molecular complexity index is 602. The Morgan fingerprint density at radius 3 is 2.53 bits per heavy atom. The highest BCUT2D eigenvalue weighted by Gasteiger charge is 2.19. The molecule has 2 aromatic rings. The van der Waals surface area contributed by atoms with Gasteiger partial charge in [0.2, 0.25) is 0 Å². The molecule has 0 aliphatic carbocycles. The lowest BCUT2D eigenvalue weighted by atomic mass is 9.91. The average Bonchev–Trinajstić information content (AvgIpc) is 2.60. The minimum Gasteiger partial charge on any atom is -0.325 e. The Balaban J connectivity index is 2.75. The van der Waals surface area contributed by atoms with Crippen molar-refractivity contribution in [1.29, 1.82) is 0 Å². The molecule has 2 aromatic heterocycles. The molecule has 0 aromatic carbocycles. The molecule has 3 nitrogen and oxygen atoms in total. The van der Waals surface area contributed by atoms with Gasteiger partial charge in [-0.15, -0.1) is 0 Å². The zero-order chi connectivity index (χ0) is 12.8. The average molecular weight is 250 g/mol. The van der Waals surface area contributed by atoms with E-state index in [1.807, 2.05) is 6.07 Å². The van der Waals surface area contributed by atoms with Crippen molar-refractivity contribution in [3.63, 3.8) is 0 Å². The SMILES string of the molecule is CC(C)c1snc2cc(C(C)(C)C)[nH]c(=O)c12. The summed E-state index contributed by atoms with van der Waals surface area (Å²) in [6.07, 6.45) is 0. The minimum absolute atomic E-state index is 0.00937. The van der Waals surface area contributed by atoms with Gasteiger partial charge in [0.15, 0.2) is 0 Å². The second kappa shape index (κ2) is 3.95. The standard InChI is InChI=1S/C13H18N2OS/c1-7(2)11-10-8(15-17-11)6-9(13(3,4)5)14-12(10)16/h6-7H,1-5H3,(H,14,16). The molecule has 0 amide bonds. The normalized spacial score (nSPS) is 12.6. The third-order valence-electron chi connectivity index (χ3n) is 2.83. The first kappa shape index (κ1) is 12.3. The van der Waals surface area contributed by atoms with Crippen molar-refractivity contribution in [3.05, 3.63) is 27.0 Å². The van der Waals surface area contributed by atoms with E-state index in [4.69, 9.17) is 0 Å². The highest BCUT2D eigenvalue weighted by molar-refractivity contribution is 7.07. The topological polar surface area (TPSA) is 45.8 Å². The number of aromatic nitrogens is 2. The van der Waals surface area contributed by atoms with Crippen molar-refractivity contribution in [2.24, 2.45) is 0 Å². The van der Waals surface area contributed by atoms with Crippen LogP contribution in [-0.4, -0.2) is 9.36 Å². The summed E-state index contributed by atoms with van der Waals surface area (Å²) in [7, 11) is 0. The maximum absolute atomic E-state index is 12.1. The number of H-pyrrole nitrogens is 1. The number of hydrogen-bond acceptors (Lipinski definition) is 3. The van der Waals surface area contributed by atoms with Crippen molar-refractivity contribution < 1.29 is 0 Å². The van der Waals surface area contributed by atoms with Gasteiger partial charge in [-0.25, -0.2) is 0 Å². The van der Waals surface area contributed by atoms with Crippen LogP contribution in [0.3, 0.4) is 0 Å². The van der Waals surface area contributed by atoms with Crippen molar-refractivity contribution >= 4 is 22.4 Å². The summed E-state index contributed by atoms with van der Waals surface area (Å²) in [5.41, 5.74) is 1.70. The molecule has 17 heavy (non-hydrogen) atoms. The van der Waals surface area contributed by atoms with Gasteiger partial charge >= 0.3 is 0 Å². The van der Waals surface area contributed by atoms with Crippen molar-refractivity contribution in [3.8, 4) is 0 Å². The highest BCUT2D eigenvalue weighted by Crippen LogP contribution is 2.28. The zero-order valence-electron chi connectivity index (χ0n) is 10.9. The van der Waals surface area contributed by atoms with Gasteiger partial charge in [-0.1, -0.05) is 34.6 Å². The van der Waals surface area contributed by atoms with E-state index in [2.05, 4.69) is 44.0 Å². The molecular formula is C13H18N2OS. The lowest BCUT2D eigenvalue weighted by molar-refractivity contribution is 0.568. The Kier molecular flexibility index (Phi) is 2.86. The Morgan fingerprint density at radius 1 is 1.35 bits per heavy atom. The van der Waals surface area contributed by atoms with Crippen LogP contribution in [0, 0.1) is 0 Å². The smallest absolute Gasteiger partial charge is 0.258 e. The third kappa shape index (κ3) is 2.14. The zero-order valence-corrected chi connectivity index (χ0v) is 11.7. The van der Waals surface area contributed by atoms with E-state index >= 15 is 0 Å². The first-order valence-electron chi connectivity index (χ1n) is 5.84. The lowest BCUT2D eigenvalue weighted by Crippen LogP contribution is -2.19. The first-order valence-corrected chi connectivity index (χ1v) is 6.61. The molecule has 0 aliphatic heterocycles. The highest BCUT2D eigenvalue weighted by atomic mass is 32.1. The summed E-state index contributed by atoms with van der Waals surface area (Å²) in [4.78, 5) is 16.2. The van der Waals surface area contributed by atoms with Gasteiger partial charge in [0, 0.05) is 16.0 Å². The fraction of sp³-hybridized carbons (Fsp3) is 0.538. The number of fused-ring (bicyclic) bond motifs is 1. The van der Waals surface area contributed by atoms with Crippen LogP contribution < -0.4 is 5.56 Å². The Hall–Kier alpha value is -1.16. The van der Waals surface area contributed by atoms with E-state index in [0.29, 0.717) is 5.92 Å². The first-order chi connectivity index (χ1) is 7.80. The molecule has 4 heteroatoms. The third-order valence-corrected chi connectivity index (χ3v) is 3.99. The molecule has 0 unspecified atom stereocenters. The molecule has 92 valence electrons. The van der Waals surface area contributed by atoms with E-state index < -0.39 is 0 Å².